The lowest BCUT2D eigenvalue weighted by Crippen LogP contribution is -2.59. The van der Waals surface area contributed by atoms with Crippen molar-refractivity contribution >= 4 is 11.9 Å². The van der Waals surface area contributed by atoms with Crippen LogP contribution in [0.1, 0.15) is 32.1 Å². The topological polar surface area (TPSA) is 67.3 Å². The van der Waals surface area contributed by atoms with Crippen LogP contribution in [0, 0.1) is 5.92 Å². The van der Waals surface area contributed by atoms with Crippen LogP contribution in [0.5, 0.6) is 0 Å². The number of carbonyl (C=O) groups excluding carboxylic acids is 2. The van der Waals surface area contributed by atoms with Crippen molar-refractivity contribution in [1.82, 2.24) is 19.6 Å². The second kappa shape index (κ2) is 8.36. The molecule has 25 heavy (non-hydrogen) atoms. The number of likely N-dealkylation sites (tertiary alicyclic amines) is 2. The van der Waals surface area contributed by atoms with E-state index in [-0.39, 0.29) is 24.6 Å². The van der Waals surface area contributed by atoms with Gasteiger partial charge in [-0.05, 0) is 38.6 Å². The summed E-state index contributed by atoms with van der Waals surface area (Å²) in [4.78, 5) is 33.4. The lowest BCUT2D eigenvalue weighted by molar-refractivity contribution is -0.140. The van der Waals surface area contributed by atoms with Gasteiger partial charge in [0, 0.05) is 64.9 Å². The van der Waals surface area contributed by atoms with E-state index in [4.69, 9.17) is 5.11 Å². The highest BCUT2D eigenvalue weighted by Crippen LogP contribution is 2.32. The molecule has 3 saturated heterocycles. The summed E-state index contributed by atoms with van der Waals surface area (Å²) in [7, 11) is 2.09. The van der Waals surface area contributed by atoms with Gasteiger partial charge in [0.1, 0.15) is 0 Å². The molecule has 7 heteroatoms. The summed E-state index contributed by atoms with van der Waals surface area (Å²) in [5, 5.41) is 8.97. The Bertz CT molecular complexity index is 479. The highest BCUT2D eigenvalue weighted by Gasteiger charge is 2.40. The zero-order chi connectivity index (χ0) is 17.8. The van der Waals surface area contributed by atoms with E-state index in [2.05, 4.69) is 11.9 Å². The third-order valence-corrected chi connectivity index (χ3v) is 5.99. The molecule has 3 aliphatic heterocycles. The molecule has 3 aliphatic rings. The zero-order valence-electron chi connectivity index (χ0n) is 15.4. The number of carbonyl (C=O) groups is 2. The quantitative estimate of drug-likeness (QED) is 0.746. The molecule has 0 radical (unpaired) electrons. The highest BCUT2D eigenvalue weighted by molar-refractivity contribution is 5.78. The molecule has 0 saturated carbocycles. The molecule has 0 aromatic rings. The van der Waals surface area contributed by atoms with Gasteiger partial charge in [0.05, 0.1) is 0 Å². The molecule has 3 heterocycles. The van der Waals surface area contributed by atoms with Crippen molar-refractivity contribution in [1.29, 1.82) is 0 Å². The average Bonchev–Trinajstić information content (AvgIpc) is 2.63. The minimum atomic E-state index is 0.176. The SMILES string of the molecule is CN1CCN(C(=O)N2CC[C@@H]3[C@@H](CCC(=O)N3CCCCO)C2)CC1. The number of hydrogen-bond donors (Lipinski definition) is 1. The van der Waals surface area contributed by atoms with Gasteiger partial charge in [-0.1, -0.05) is 0 Å². The van der Waals surface area contributed by atoms with Crippen LogP contribution in [0.2, 0.25) is 0 Å². The monoisotopic (exact) mass is 352 g/mol. The van der Waals surface area contributed by atoms with Crippen LogP contribution < -0.4 is 0 Å². The Balaban J connectivity index is 1.56. The first-order chi connectivity index (χ1) is 12.1. The van der Waals surface area contributed by atoms with Gasteiger partial charge < -0.3 is 24.7 Å². The fourth-order valence-corrected chi connectivity index (χ4v) is 4.41. The Morgan fingerprint density at radius 1 is 1.08 bits per heavy atom. The molecule has 0 aromatic heterocycles. The molecule has 1 N–H and O–H groups in total. The highest BCUT2D eigenvalue weighted by atomic mass is 16.3. The molecular formula is C18H32N4O3. The minimum Gasteiger partial charge on any atom is -0.396 e. The summed E-state index contributed by atoms with van der Waals surface area (Å²) in [5.74, 6) is 0.648. The smallest absolute Gasteiger partial charge is 0.320 e. The predicted octanol–water partition coefficient (Wildman–Crippen LogP) is 0.439. The number of urea groups is 1. The largest absolute Gasteiger partial charge is 0.396 e. The van der Waals surface area contributed by atoms with Crippen molar-refractivity contribution in [3.8, 4) is 0 Å². The van der Waals surface area contributed by atoms with Gasteiger partial charge in [-0.25, -0.2) is 4.79 Å². The third-order valence-electron chi connectivity index (χ3n) is 5.99. The summed E-state index contributed by atoms with van der Waals surface area (Å²) in [5.41, 5.74) is 0. The molecular weight excluding hydrogens is 320 g/mol. The van der Waals surface area contributed by atoms with Crippen molar-refractivity contribution < 1.29 is 14.7 Å². The number of unbranched alkanes of at least 4 members (excludes halogenated alkanes) is 1. The number of piperidine rings is 2. The number of aliphatic hydroxyl groups is 1. The molecule has 0 bridgehead atoms. The zero-order valence-corrected chi connectivity index (χ0v) is 15.4. The lowest BCUT2D eigenvalue weighted by atomic mass is 9.83. The van der Waals surface area contributed by atoms with Crippen LogP contribution >= 0.6 is 0 Å². The fraction of sp³-hybridized carbons (Fsp3) is 0.889. The molecule has 3 rings (SSSR count). The first-order valence-electron chi connectivity index (χ1n) is 9.73. The molecule has 2 atom stereocenters. The molecule has 142 valence electrons. The van der Waals surface area contributed by atoms with Crippen LogP contribution in [0.3, 0.4) is 0 Å². The number of likely N-dealkylation sites (N-methyl/N-ethyl adjacent to an activating group) is 1. The molecule has 0 spiro atoms. The second-order valence-electron chi connectivity index (χ2n) is 7.69. The van der Waals surface area contributed by atoms with E-state index in [9.17, 15) is 9.59 Å². The summed E-state index contributed by atoms with van der Waals surface area (Å²) >= 11 is 0. The number of fused-ring (bicyclic) bond motifs is 1. The number of rotatable bonds is 4. The van der Waals surface area contributed by atoms with E-state index in [1.807, 2.05) is 14.7 Å². The predicted molar refractivity (Wildman–Crippen MR) is 95.2 cm³/mol. The Morgan fingerprint density at radius 3 is 2.56 bits per heavy atom. The van der Waals surface area contributed by atoms with Crippen molar-refractivity contribution in [2.45, 2.75) is 38.1 Å². The maximum Gasteiger partial charge on any atom is 0.320 e. The van der Waals surface area contributed by atoms with E-state index in [1.165, 1.54) is 0 Å². The van der Waals surface area contributed by atoms with Gasteiger partial charge in [0.25, 0.3) is 0 Å². The van der Waals surface area contributed by atoms with Gasteiger partial charge in [0.15, 0.2) is 0 Å². The Kier molecular flexibility index (Phi) is 6.17. The van der Waals surface area contributed by atoms with E-state index in [0.29, 0.717) is 12.3 Å². The van der Waals surface area contributed by atoms with Gasteiger partial charge in [-0.3, -0.25) is 4.79 Å². The number of hydrogen-bond acceptors (Lipinski definition) is 4. The maximum atomic E-state index is 12.8. The van der Waals surface area contributed by atoms with Crippen LogP contribution in [0.25, 0.3) is 0 Å². The summed E-state index contributed by atoms with van der Waals surface area (Å²) in [6.45, 7) is 5.96. The standard InChI is InChI=1S/C18H32N4O3/c1-19-9-11-20(12-10-19)18(25)21-8-6-16-15(14-21)4-5-17(24)22(16)7-2-3-13-23/h15-16,23H,2-14H2,1H3/t15-,16+/m0/s1. The van der Waals surface area contributed by atoms with Gasteiger partial charge >= 0.3 is 6.03 Å². The fourth-order valence-electron chi connectivity index (χ4n) is 4.41. The molecule has 0 aromatic carbocycles. The second-order valence-corrected chi connectivity index (χ2v) is 7.69. The first-order valence-corrected chi connectivity index (χ1v) is 9.73. The summed E-state index contributed by atoms with van der Waals surface area (Å²) < 4.78 is 0. The van der Waals surface area contributed by atoms with Crippen molar-refractivity contribution in [2.24, 2.45) is 5.92 Å². The average molecular weight is 352 g/mol. The van der Waals surface area contributed by atoms with Gasteiger partial charge in [-0.15, -0.1) is 0 Å². The molecule has 0 unspecified atom stereocenters. The van der Waals surface area contributed by atoms with Crippen molar-refractivity contribution in [3.63, 3.8) is 0 Å². The van der Waals surface area contributed by atoms with E-state index < -0.39 is 0 Å². The van der Waals surface area contributed by atoms with Crippen molar-refractivity contribution in [3.05, 3.63) is 0 Å². The summed E-state index contributed by atoms with van der Waals surface area (Å²) in [6, 6.07) is 0.451. The van der Waals surface area contributed by atoms with Crippen molar-refractivity contribution in [2.75, 3.05) is 59.5 Å². The Labute approximate surface area is 150 Å². The van der Waals surface area contributed by atoms with E-state index in [0.717, 1.165) is 71.5 Å². The van der Waals surface area contributed by atoms with E-state index in [1.54, 1.807) is 0 Å². The van der Waals surface area contributed by atoms with Gasteiger partial charge in [0.2, 0.25) is 5.91 Å². The third kappa shape index (κ3) is 4.26. The lowest BCUT2D eigenvalue weighted by Gasteiger charge is -2.48. The number of nitrogens with zero attached hydrogens (tertiary/aromatic N) is 4. The Hall–Kier alpha value is -1.34. The molecule has 0 aliphatic carbocycles. The molecule has 3 fully saturated rings. The normalized spacial score (nSPS) is 28.2. The first kappa shape index (κ1) is 18.5. The summed E-state index contributed by atoms with van der Waals surface area (Å²) in [6.07, 6.45) is 3.98. The van der Waals surface area contributed by atoms with Crippen LogP contribution in [-0.4, -0.2) is 102 Å². The maximum absolute atomic E-state index is 12.8. The van der Waals surface area contributed by atoms with Gasteiger partial charge in [-0.2, -0.15) is 0 Å². The van der Waals surface area contributed by atoms with E-state index >= 15 is 0 Å². The molecule has 7 nitrogen and oxygen atoms in total. The Morgan fingerprint density at radius 2 is 1.84 bits per heavy atom. The van der Waals surface area contributed by atoms with Crippen LogP contribution in [0.4, 0.5) is 4.79 Å². The molecule has 3 amide bonds. The van der Waals surface area contributed by atoms with Crippen LogP contribution in [-0.2, 0) is 4.79 Å². The minimum absolute atomic E-state index is 0.176. The number of aliphatic hydroxyl groups excluding tert-OH is 1. The number of piperazine rings is 1. The number of amides is 3. The van der Waals surface area contributed by atoms with Crippen LogP contribution in [0.15, 0.2) is 0 Å².